The third-order valence-electron chi connectivity index (χ3n) is 18.4. The van der Waals surface area contributed by atoms with Gasteiger partial charge in [0.2, 0.25) is 0 Å². The Kier molecular flexibility index (Phi) is 27.7. The van der Waals surface area contributed by atoms with Gasteiger partial charge in [0.25, 0.3) is 0 Å². The largest absolute Gasteiger partial charge is 0.467 e. The highest BCUT2D eigenvalue weighted by molar-refractivity contribution is 5.90. The highest BCUT2D eigenvalue weighted by atomic mass is 16.8. The Hall–Kier alpha value is -7.19. The number of amides is 1. The fourth-order valence-electron chi connectivity index (χ4n) is 12.3. The molecule has 1 amide bonds. The van der Waals surface area contributed by atoms with Crippen molar-refractivity contribution in [3.8, 4) is 0 Å². The number of unbranched alkanes of at least 4 members (excludes halogenated alkanes) is 2. The lowest BCUT2D eigenvalue weighted by atomic mass is 9.82. The summed E-state index contributed by atoms with van der Waals surface area (Å²) >= 11 is 0. The van der Waals surface area contributed by atoms with Crippen LogP contribution in [0.4, 0.5) is 4.79 Å². The molecule has 4 aliphatic rings. The Bertz CT molecular complexity index is 3170. The zero-order valence-electron chi connectivity index (χ0n) is 55.9. The van der Waals surface area contributed by atoms with Crippen LogP contribution in [0.15, 0.2) is 152 Å². The van der Waals surface area contributed by atoms with E-state index in [-0.39, 0.29) is 57.7 Å². The number of ether oxygens (including phenoxy) is 15. The molecule has 96 heavy (non-hydrogen) atoms. The number of hydrogen-bond acceptors (Lipinski definition) is 21. The van der Waals surface area contributed by atoms with Crippen LogP contribution in [0.3, 0.4) is 0 Å². The first kappa shape index (κ1) is 73.1. The maximum Gasteiger partial charge on any atom is 0.407 e. The van der Waals surface area contributed by atoms with Gasteiger partial charge in [0, 0.05) is 43.7 Å². The molecule has 2 N–H and O–H groups in total. The Morgan fingerprint density at radius 1 is 0.448 bits per heavy atom. The molecule has 0 aliphatic carbocycles. The topological polar surface area (TPSA) is 256 Å². The number of carbonyl (C=O) groups excluding carboxylic acids is 5. The van der Waals surface area contributed by atoms with Crippen LogP contribution in [0.1, 0.15) is 105 Å². The normalized spacial score (nSPS) is 30.5. The molecule has 0 radical (unpaired) electrons. The van der Waals surface area contributed by atoms with Gasteiger partial charge in [-0.1, -0.05) is 169 Å². The van der Waals surface area contributed by atoms with Crippen molar-refractivity contribution in [3.05, 3.63) is 179 Å². The van der Waals surface area contributed by atoms with Gasteiger partial charge in [-0.05, 0) is 72.1 Å². The van der Waals surface area contributed by atoms with Crippen LogP contribution in [-0.2, 0) is 100 Å². The van der Waals surface area contributed by atoms with Crippen LogP contribution in [0.25, 0.3) is 0 Å². The molecule has 0 bridgehead atoms. The van der Waals surface area contributed by atoms with Crippen molar-refractivity contribution in [2.45, 2.75) is 174 Å². The minimum Gasteiger partial charge on any atom is -0.467 e. The summed E-state index contributed by atoms with van der Waals surface area (Å²) in [5.74, 6) is -5.75. The highest BCUT2D eigenvalue weighted by Crippen LogP contribution is 2.43. The summed E-state index contributed by atoms with van der Waals surface area (Å²) in [5.41, 5.74) is 3.31. The first-order chi connectivity index (χ1) is 46.5. The molecule has 22 nitrogen and oxygen atoms in total. The van der Waals surface area contributed by atoms with Crippen LogP contribution < -0.4 is 5.32 Å². The summed E-state index contributed by atoms with van der Waals surface area (Å²) in [4.78, 5) is 66.7. The minimum atomic E-state index is -1.37. The molecule has 0 saturated carbocycles. The van der Waals surface area contributed by atoms with E-state index in [1.165, 1.54) is 14.0 Å². The third kappa shape index (κ3) is 20.0. The first-order valence-electron chi connectivity index (χ1n) is 33.3. The van der Waals surface area contributed by atoms with Crippen molar-refractivity contribution in [2.24, 2.45) is 35.5 Å². The number of nitrogens with one attached hydrogen (secondary N) is 1. The monoisotopic (exact) mass is 1330 g/mol. The second-order valence-electron chi connectivity index (χ2n) is 25.2. The van der Waals surface area contributed by atoms with Crippen molar-refractivity contribution in [2.75, 3.05) is 40.1 Å². The molecule has 8 unspecified atom stereocenters. The van der Waals surface area contributed by atoms with E-state index >= 15 is 0 Å². The standard InChI is InChI=1S/C74H93NO21/c1-45-48(4)71(95-63-50(6)65(92-68(79)56-35-23-13-24-36-56)72(96-66(63)69(80)82-8)85-38-26-14-25-37-75-74(81)87-41-54-31-19-11-20-32-54)89-58(43-84-40-53-29-17-10-18-30-53)61(45)93-70-47(3)46(2)62(59(90-70)44-86-51(7)76)94-73-64(91-67(78)55-33-21-12-22-34-55)49(5)60(77)57(88-73)42-83-39-52-27-15-9-16-28-52/h9-13,15-24,27-36,45-50,57-66,70-73,77H,14,25-26,37-44H2,1-8H3,(H,75,81)/t45-,46-,47?,48?,49+,50+,57?,58?,59?,60+,61-,62+,63+,64?,65?,66?,70-,71-,72-,73+/m1/s1. The molecule has 20 atom stereocenters. The summed E-state index contributed by atoms with van der Waals surface area (Å²) in [6, 6.07) is 45.6. The molecular weight excluding hydrogens is 1240 g/mol. The second-order valence-corrected chi connectivity index (χ2v) is 25.2. The molecule has 520 valence electrons. The van der Waals surface area contributed by atoms with E-state index in [2.05, 4.69) is 5.32 Å². The maximum absolute atomic E-state index is 14.0. The molecule has 4 fully saturated rings. The lowest BCUT2D eigenvalue weighted by Crippen LogP contribution is -2.62. The lowest BCUT2D eigenvalue weighted by molar-refractivity contribution is -0.366. The van der Waals surface area contributed by atoms with Gasteiger partial charge < -0.3 is 81.5 Å². The Morgan fingerprint density at radius 3 is 1.41 bits per heavy atom. The van der Waals surface area contributed by atoms with Crippen molar-refractivity contribution in [1.29, 1.82) is 0 Å². The zero-order chi connectivity index (χ0) is 68.1. The fraction of sp³-hybridized carbons (Fsp3) is 0.527. The molecule has 5 aromatic carbocycles. The summed E-state index contributed by atoms with van der Waals surface area (Å²) in [5, 5.41) is 14.5. The van der Waals surface area contributed by atoms with Gasteiger partial charge in [0.15, 0.2) is 43.5 Å². The van der Waals surface area contributed by atoms with Gasteiger partial charge in [0.05, 0.1) is 63.0 Å². The molecule has 4 aliphatic heterocycles. The third-order valence-corrected chi connectivity index (χ3v) is 18.4. The van der Waals surface area contributed by atoms with Gasteiger partial charge in [-0.3, -0.25) is 4.79 Å². The van der Waals surface area contributed by atoms with Gasteiger partial charge in [0.1, 0.15) is 37.6 Å². The Balaban J connectivity index is 0.916. The van der Waals surface area contributed by atoms with Crippen molar-refractivity contribution in [1.82, 2.24) is 5.32 Å². The van der Waals surface area contributed by atoms with Crippen molar-refractivity contribution >= 4 is 30.0 Å². The predicted molar refractivity (Wildman–Crippen MR) is 347 cm³/mol. The molecule has 4 saturated heterocycles. The summed E-state index contributed by atoms with van der Waals surface area (Å²) in [7, 11) is 1.25. The molecular formula is C74H93NO21. The van der Waals surface area contributed by atoms with E-state index in [0.29, 0.717) is 31.4 Å². The fourth-order valence-corrected chi connectivity index (χ4v) is 12.3. The minimum absolute atomic E-state index is 0.0108. The highest BCUT2D eigenvalue weighted by Gasteiger charge is 2.56. The van der Waals surface area contributed by atoms with Crippen LogP contribution >= 0.6 is 0 Å². The molecule has 22 heteroatoms. The number of hydrogen-bond donors (Lipinski definition) is 2. The molecule has 0 aromatic heterocycles. The number of carbonyl (C=O) groups is 5. The second kappa shape index (κ2) is 36.4. The van der Waals surface area contributed by atoms with Crippen LogP contribution in [-0.4, -0.2) is 161 Å². The van der Waals surface area contributed by atoms with Crippen molar-refractivity contribution < 1.29 is 100 Å². The summed E-state index contributed by atoms with van der Waals surface area (Å²) < 4.78 is 95.8. The zero-order valence-corrected chi connectivity index (χ0v) is 55.9. The quantitative estimate of drug-likeness (QED) is 0.0246. The van der Waals surface area contributed by atoms with Gasteiger partial charge >= 0.3 is 30.0 Å². The van der Waals surface area contributed by atoms with Gasteiger partial charge in [-0.2, -0.15) is 0 Å². The number of rotatable bonds is 30. The van der Waals surface area contributed by atoms with E-state index < -0.39 is 146 Å². The number of methoxy groups -OCH3 is 1. The SMILES string of the molecule is COC(=O)C1O[C@@H](OCCCCCNC(=O)OCc2ccccc2)C(OC(=O)c2ccccc2)[C@@H](C)[C@@H]1O[C@H]1OC(COCc2ccccc2)[C@H](O[C@H]2OC(COC(C)=O)[C@@H](O[C@@H]3OC(COCc4ccccc4)[C@@H](O)[C@H](C)C3OC(=O)c3ccccc3)[C@H](C)C2C)[C@H](C)C1C. The van der Waals surface area contributed by atoms with E-state index in [1.807, 2.05) is 119 Å². The van der Waals surface area contributed by atoms with Gasteiger partial charge in [-0.15, -0.1) is 0 Å². The summed E-state index contributed by atoms with van der Waals surface area (Å²) in [6.07, 6.45) is -13.4. The molecule has 9 rings (SSSR count). The van der Waals surface area contributed by atoms with E-state index in [0.717, 1.165) is 16.7 Å². The average Bonchev–Trinajstić information content (AvgIpc) is 0.777. The molecule has 0 spiro atoms. The molecule has 4 heterocycles. The van der Waals surface area contributed by atoms with Crippen LogP contribution in [0.5, 0.6) is 0 Å². The smallest absolute Gasteiger partial charge is 0.407 e. The number of alkyl carbamates (subject to hydrolysis) is 1. The number of benzene rings is 5. The maximum atomic E-state index is 14.0. The number of esters is 4. The number of aliphatic hydroxyl groups is 1. The first-order valence-corrected chi connectivity index (χ1v) is 33.3. The molecule has 5 aromatic rings. The lowest BCUT2D eigenvalue weighted by Gasteiger charge is -2.51. The number of aliphatic hydroxyl groups excluding tert-OH is 1. The van der Waals surface area contributed by atoms with Crippen LogP contribution in [0, 0.1) is 35.5 Å². The predicted octanol–water partition coefficient (Wildman–Crippen LogP) is 9.95. The van der Waals surface area contributed by atoms with Crippen molar-refractivity contribution in [3.63, 3.8) is 0 Å². The Morgan fingerprint density at radius 2 is 0.896 bits per heavy atom. The summed E-state index contributed by atoms with van der Waals surface area (Å²) in [6.45, 7) is 13.6. The average molecular weight is 1330 g/mol. The van der Waals surface area contributed by atoms with E-state index in [1.54, 1.807) is 74.5 Å². The van der Waals surface area contributed by atoms with Gasteiger partial charge in [-0.25, -0.2) is 19.2 Å². The van der Waals surface area contributed by atoms with E-state index in [4.69, 9.17) is 71.1 Å². The van der Waals surface area contributed by atoms with Crippen LogP contribution in [0.2, 0.25) is 0 Å². The van der Waals surface area contributed by atoms with E-state index in [9.17, 15) is 29.1 Å². The Labute approximate surface area is 562 Å².